The van der Waals surface area contributed by atoms with Gasteiger partial charge in [-0.25, -0.2) is 0 Å². The fraction of sp³-hybridized carbons (Fsp3) is 0.286. The van der Waals surface area contributed by atoms with E-state index in [2.05, 4.69) is 37.3 Å². The van der Waals surface area contributed by atoms with Gasteiger partial charge in [0, 0.05) is 9.75 Å². The van der Waals surface area contributed by atoms with Crippen LogP contribution in [0.3, 0.4) is 0 Å². The van der Waals surface area contributed by atoms with E-state index in [1.165, 1.54) is 16.0 Å². The van der Waals surface area contributed by atoms with E-state index in [1.54, 1.807) is 11.3 Å². The minimum atomic E-state index is 0.147. The highest BCUT2D eigenvalue weighted by molar-refractivity contribution is 7.12. The lowest BCUT2D eigenvalue weighted by atomic mass is 10.0. The largest absolute Gasteiger partial charge is 0.391 e. The molecule has 0 saturated heterocycles. The molecule has 0 saturated carbocycles. The third kappa shape index (κ3) is 2.34. The van der Waals surface area contributed by atoms with E-state index in [1.807, 2.05) is 6.07 Å². The smallest absolute Gasteiger partial charge is 0.0774 e. The Balaban J connectivity index is 2.42. The molecule has 84 valence electrons. The van der Waals surface area contributed by atoms with E-state index in [0.717, 1.165) is 17.7 Å². The predicted molar refractivity (Wildman–Crippen MR) is 69.7 cm³/mol. The van der Waals surface area contributed by atoms with Crippen molar-refractivity contribution in [1.82, 2.24) is 0 Å². The Labute approximate surface area is 100 Å². The van der Waals surface area contributed by atoms with Crippen LogP contribution in [0.2, 0.25) is 0 Å². The topological polar surface area (TPSA) is 20.2 Å². The van der Waals surface area contributed by atoms with Gasteiger partial charge in [-0.1, -0.05) is 43.7 Å². The molecule has 1 aromatic carbocycles. The average molecular weight is 232 g/mol. The summed E-state index contributed by atoms with van der Waals surface area (Å²) in [5.74, 6) is 0. The second-order valence-electron chi connectivity index (χ2n) is 3.82. The van der Waals surface area contributed by atoms with Gasteiger partial charge < -0.3 is 5.11 Å². The van der Waals surface area contributed by atoms with E-state index < -0.39 is 0 Å². The van der Waals surface area contributed by atoms with Crippen molar-refractivity contribution in [2.45, 2.75) is 26.4 Å². The molecule has 0 fully saturated rings. The maximum Gasteiger partial charge on any atom is 0.0774 e. The molecule has 0 amide bonds. The molecule has 0 spiro atoms. The summed E-state index contributed by atoms with van der Waals surface area (Å²) in [6.07, 6.45) is 2.24. The van der Waals surface area contributed by atoms with E-state index in [9.17, 15) is 5.11 Å². The maximum absolute atomic E-state index is 9.20. The SMILES string of the molecule is CCCc1sc(CO)cc1-c1ccccc1. The molecule has 2 heteroatoms. The third-order valence-corrected chi connectivity index (χ3v) is 3.76. The van der Waals surface area contributed by atoms with Gasteiger partial charge in [0.2, 0.25) is 0 Å². The van der Waals surface area contributed by atoms with Gasteiger partial charge >= 0.3 is 0 Å². The Morgan fingerprint density at radius 1 is 1.19 bits per heavy atom. The summed E-state index contributed by atoms with van der Waals surface area (Å²) in [5, 5.41) is 9.20. The minimum absolute atomic E-state index is 0.147. The van der Waals surface area contributed by atoms with E-state index in [-0.39, 0.29) is 6.61 Å². The molecule has 0 aliphatic carbocycles. The Bertz CT molecular complexity index is 445. The lowest BCUT2D eigenvalue weighted by Gasteiger charge is -2.01. The maximum atomic E-state index is 9.20. The zero-order valence-corrected chi connectivity index (χ0v) is 10.3. The van der Waals surface area contributed by atoms with Crippen molar-refractivity contribution in [3.8, 4) is 11.1 Å². The van der Waals surface area contributed by atoms with Gasteiger partial charge in [-0.2, -0.15) is 0 Å². The van der Waals surface area contributed by atoms with Crippen molar-refractivity contribution in [1.29, 1.82) is 0 Å². The quantitative estimate of drug-likeness (QED) is 0.848. The minimum Gasteiger partial charge on any atom is -0.391 e. The van der Waals surface area contributed by atoms with Crippen molar-refractivity contribution in [3.05, 3.63) is 46.2 Å². The molecule has 1 N–H and O–H groups in total. The molecular weight excluding hydrogens is 216 g/mol. The molecule has 2 rings (SSSR count). The number of rotatable bonds is 4. The van der Waals surface area contributed by atoms with E-state index in [0.29, 0.717) is 0 Å². The zero-order chi connectivity index (χ0) is 11.4. The molecule has 1 heterocycles. The Morgan fingerprint density at radius 2 is 1.94 bits per heavy atom. The third-order valence-electron chi connectivity index (χ3n) is 2.58. The van der Waals surface area contributed by atoms with E-state index >= 15 is 0 Å². The molecule has 0 atom stereocenters. The van der Waals surface area contributed by atoms with E-state index in [4.69, 9.17) is 0 Å². The lowest BCUT2D eigenvalue weighted by Crippen LogP contribution is -1.81. The Kier molecular flexibility index (Phi) is 3.75. The van der Waals surface area contributed by atoms with Gasteiger partial charge in [0.05, 0.1) is 6.61 Å². The highest BCUT2D eigenvalue weighted by atomic mass is 32.1. The van der Waals surface area contributed by atoms with Gasteiger partial charge in [-0.15, -0.1) is 11.3 Å². The van der Waals surface area contributed by atoms with Crippen molar-refractivity contribution in [2.24, 2.45) is 0 Å². The van der Waals surface area contributed by atoms with Crippen molar-refractivity contribution in [2.75, 3.05) is 0 Å². The van der Waals surface area contributed by atoms with Crippen molar-refractivity contribution in [3.63, 3.8) is 0 Å². The molecule has 16 heavy (non-hydrogen) atoms. The molecule has 0 bridgehead atoms. The molecule has 1 nitrogen and oxygen atoms in total. The summed E-state index contributed by atoms with van der Waals surface area (Å²) in [7, 11) is 0. The Morgan fingerprint density at radius 3 is 2.56 bits per heavy atom. The Hall–Kier alpha value is -1.12. The first kappa shape index (κ1) is 11.4. The highest BCUT2D eigenvalue weighted by Gasteiger charge is 2.09. The van der Waals surface area contributed by atoms with Gasteiger partial charge in [0.1, 0.15) is 0 Å². The van der Waals surface area contributed by atoms with Gasteiger partial charge in [0.25, 0.3) is 0 Å². The molecule has 0 aliphatic heterocycles. The van der Waals surface area contributed by atoms with Gasteiger partial charge in [-0.05, 0) is 23.6 Å². The van der Waals surface area contributed by atoms with Crippen LogP contribution >= 0.6 is 11.3 Å². The molecule has 0 unspecified atom stereocenters. The van der Waals surface area contributed by atoms with Crippen molar-refractivity contribution < 1.29 is 5.11 Å². The normalized spacial score (nSPS) is 10.6. The second kappa shape index (κ2) is 5.28. The molecule has 0 radical (unpaired) electrons. The monoisotopic (exact) mass is 232 g/mol. The predicted octanol–water partition coefficient (Wildman–Crippen LogP) is 3.86. The average Bonchev–Trinajstić information content (AvgIpc) is 2.74. The first-order valence-corrected chi connectivity index (χ1v) is 6.44. The lowest BCUT2D eigenvalue weighted by molar-refractivity contribution is 0.285. The van der Waals surface area contributed by atoms with Crippen molar-refractivity contribution >= 4 is 11.3 Å². The number of benzene rings is 1. The summed E-state index contributed by atoms with van der Waals surface area (Å²) in [4.78, 5) is 2.44. The zero-order valence-electron chi connectivity index (χ0n) is 9.44. The van der Waals surface area contributed by atoms with Crippen LogP contribution in [0.25, 0.3) is 11.1 Å². The van der Waals surface area contributed by atoms with Crippen LogP contribution in [0.4, 0.5) is 0 Å². The number of aryl methyl sites for hydroxylation is 1. The second-order valence-corrected chi connectivity index (χ2v) is 5.05. The summed E-state index contributed by atoms with van der Waals surface area (Å²) in [5.41, 5.74) is 2.54. The first-order chi connectivity index (χ1) is 7.85. The standard InChI is InChI=1S/C14H16OS/c1-2-6-14-13(9-12(10-15)16-14)11-7-4-3-5-8-11/h3-5,7-9,15H,2,6,10H2,1H3. The molecule has 0 aliphatic rings. The molecular formula is C14H16OS. The first-order valence-electron chi connectivity index (χ1n) is 5.63. The van der Waals surface area contributed by atoms with Gasteiger partial charge in [-0.3, -0.25) is 0 Å². The van der Waals surface area contributed by atoms with Crippen LogP contribution in [0, 0.1) is 0 Å². The molecule has 2 aromatic rings. The van der Waals surface area contributed by atoms with Crippen LogP contribution in [0.15, 0.2) is 36.4 Å². The number of aliphatic hydroxyl groups is 1. The van der Waals surface area contributed by atoms with Crippen LogP contribution < -0.4 is 0 Å². The summed E-state index contributed by atoms with van der Waals surface area (Å²) in [6.45, 7) is 2.33. The van der Waals surface area contributed by atoms with Crippen LogP contribution in [-0.2, 0) is 13.0 Å². The van der Waals surface area contributed by atoms with Crippen LogP contribution in [0.5, 0.6) is 0 Å². The number of hydrogen-bond acceptors (Lipinski definition) is 2. The summed E-state index contributed by atoms with van der Waals surface area (Å²) in [6, 6.07) is 12.5. The van der Waals surface area contributed by atoms with Crippen LogP contribution in [-0.4, -0.2) is 5.11 Å². The van der Waals surface area contributed by atoms with Gasteiger partial charge in [0.15, 0.2) is 0 Å². The summed E-state index contributed by atoms with van der Waals surface area (Å²) < 4.78 is 0. The fourth-order valence-corrected chi connectivity index (χ4v) is 2.99. The highest BCUT2D eigenvalue weighted by Crippen LogP contribution is 2.32. The molecule has 1 aromatic heterocycles. The van der Waals surface area contributed by atoms with Crippen LogP contribution in [0.1, 0.15) is 23.1 Å². The number of hydrogen-bond donors (Lipinski definition) is 1. The fourth-order valence-electron chi connectivity index (χ4n) is 1.84. The number of thiophene rings is 1. The summed E-state index contributed by atoms with van der Waals surface area (Å²) >= 11 is 1.73. The number of aliphatic hydroxyl groups excluding tert-OH is 1.